The summed E-state index contributed by atoms with van der Waals surface area (Å²) < 4.78 is 5.30. The van der Waals surface area contributed by atoms with Crippen LogP contribution in [0.25, 0.3) is 0 Å². The molecule has 1 aromatic rings. The molecule has 2 saturated heterocycles. The number of rotatable bonds is 2. The molecule has 3 rings (SSSR count). The molecular weight excluding hydrogens is 192 g/mol. The molecule has 3 heterocycles. The molecule has 0 aromatic carbocycles. The van der Waals surface area contributed by atoms with Crippen LogP contribution in [0.5, 0.6) is 0 Å². The molecule has 5 heteroatoms. The Morgan fingerprint density at radius 2 is 2.13 bits per heavy atom. The van der Waals surface area contributed by atoms with E-state index in [4.69, 9.17) is 4.52 Å². The van der Waals surface area contributed by atoms with Crippen LogP contribution in [-0.2, 0) is 0 Å². The van der Waals surface area contributed by atoms with Crippen LogP contribution in [0.2, 0.25) is 0 Å². The second kappa shape index (κ2) is 3.81. The van der Waals surface area contributed by atoms with Crippen molar-refractivity contribution < 1.29 is 4.52 Å². The maximum Gasteiger partial charge on any atom is 0.266 e. The molecule has 0 radical (unpaired) electrons. The Balaban J connectivity index is 1.74. The van der Waals surface area contributed by atoms with Crippen molar-refractivity contribution in [2.75, 3.05) is 24.5 Å². The van der Waals surface area contributed by atoms with Crippen LogP contribution in [-0.4, -0.2) is 29.8 Å². The smallest absolute Gasteiger partial charge is 0.266 e. The van der Waals surface area contributed by atoms with Gasteiger partial charge in [0.25, 0.3) is 5.95 Å². The Bertz CT molecular complexity index is 295. The largest absolute Gasteiger partial charge is 0.338 e. The lowest BCUT2D eigenvalue weighted by Crippen LogP contribution is -2.19. The lowest BCUT2D eigenvalue weighted by atomic mass is 10.2. The highest BCUT2D eigenvalue weighted by atomic mass is 16.5. The summed E-state index contributed by atoms with van der Waals surface area (Å²) in [6, 6.07) is 0.286. The Hall–Kier alpha value is -1.10. The van der Waals surface area contributed by atoms with E-state index in [1.165, 1.54) is 19.3 Å². The van der Waals surface area contributed by atoms with Crippen LogP contribution in [0.4, 0.5) is 5.95 Å². The van der Waals surface area contributed by atoms with E-state index in [0.29, 0.717) is 0 Å². The minimum atomic E-state index is 0.286. The van der Waals surface area contributed by atoms with E-state index in [2.05, 4.69) is 20.4 Å². The number of anilines is 1. The molecule has 2 aliphatic heterocycles. The molecule has 1 atom stereocenters. The molecule has 2 aliphatic rings. The maximum absolute atomic E-state index is 5.30. The fourth-order valence-corrected chi connectivity index (χ4v) is 2.31. The van der Waals surface area contributed by atoms with Crippen LogP contribution in [0.15, 0.2) is 4.52 Å². The monoisotopic (exact) mass is 208 g/mol. The third kappa shape index (κ3) is 1.71. The average Bonchev–Trinajstić information content (AvgIpc) is 3.02. The summed E-state index contributed by atoms with van der Waals surface area (Å²) in [5.41, 5.74) is 0. The van der Waals surface area contributed by atoms with Crippen molar-refractivity contribution in [3.05, 3.63) is 5.89 Å². The van der Waals surface area contributed by atoms with Crippen molar-refractivity contribution in [1.29, 1.82) is 0 Å². The highest BCUT2D eigenvalue weighted by Crippen LogP contribution is 2.24. The van der Waals surface area contributed by atoms with Gasteiger partial charge in [0.1, 0.15) is 0 Å². The van der Waals surface area contributed by atoms with Crippen molar-refractivity contribution >= 4 is 5.95 Å². The Labute approximate surface area is 88.8 Å². The van der Waals surface area contributed by atoms with Gasteiger partial charge in [0.15, 0.2) is 0 Å². The number of aromatic nitrogens is 2. The summed E-state index contributed by atoms with van der Waals surface area (Å²) >= 11 is 0. The summed E-state index contributed by atoms with van der Waals surface area (Å²) in [6.45, 7) is 3.19. The van der Waals surface area contributed by atoms with Crippen LogP contribution < -0.4 is 10.2 Å². The van der Waals surface area contributed by atoms with Crippen LogP contribution in [0.3, 0.4) is 0 Å². The summed E-state index contributed by atoms with van der Waals surface area (Å²) in [5, 5.41) is 7.40. The van der Waals surface area contributed by atoms with Gasteiger partial charge in [-0.25, -0.2) is 0 Å². The summed E-state index contributed by atoms with van der Waals surface area (Å²) in [6.07, 6.45) is 4.80. The van der Waals surface area contributed by atoms with Crippen LogP contribution in [0, 0.1) is 0 Å². The first-order valence-corrected chi connectivity index (χ1v) is 5.75. The lowest BCUT2D eigenvalue weighted by Gasteiger charge is -2.10. The van der Waals surface area contributed by atoms with Gasteiger partial charge in [-0.2, -0.15) is 4.98 Å². The van der Waals surface area contributed by atoms with Crippen molar-refractivity contribution in [2.24, 2.45) is 0 Å². The zero-order valence-corrected chi connectivity index (χ0v) is 8.78. The second-order valence-corrected chi connectivity index (χ2v) is 4.28. The van der Waals surface area contributed by atoms with Gasteiger partial charge < -0.3 is 14.7 Å². The summed E-state index contributed by atoms with van der Waals surface area (Å²) in [4.78, 5) is 6.66. The number of nitrogens with one attached hydrogen (secondary N) is 1. The zero-order chi connectivity index (χ0) is 10.1. The Morgan fingerprint density at radius 1 is 1.27 bits per heavy atom. The molecular formula is C10H16N4O. The van der Waals surface area contributed by atoms with E-state index in [1.54, 1.807) is 0 Å². The van der Waals surface area contributed by atoms with Crippen LogP contribution in [0.1, 0.15) is 37.6 Å². The second-order valence-electron chi connectivity index (χ2n) is 4.28. The van der Waals surface area contributed by atoms with Gasteiger partial charge in [-0.15, -0.1) is 0 Å². The third-order valence-corrected chi connectivity index (χ3v) is 3.18. The standard InChI is InChI=1S/C10H16N4O/c1-2-7-14(6-1)10-12-9(15-13-10)8-4-3-5-11-8/h8,11H,1-7H2/t8-/m0/s1. The molecule has 0 aliphatic carbocycles. The lowest BCUT2D eigenvalue weighted by molar-refractivity contribution is 0.344. The predicted octanol–water partition coefficient (Wildman–Crippen LogP) is 1.09. The maximum atomic E-state index is 5.30. The molecule has 5 nitrogen and oxygen atoms in total. The minimum absolute atomic E-state index is 0.286. The molecule has 0 bridgehead atoms. The van der Waals surface area contributed by atoms with Gasteiger partial charge in [-0.1, -0.05) is 0 Å². The number of nitrogens with zero attached hydrogens (tertiary/aromatic N) is 3. The van der Waals surface area contributed by atoms with Gasteiger partial charge >= 0.3 is 0 Å². The fourth-order valence-electron chi connectivity index (χ4n) is 2.31. The number of hydrogen-bond donors (Lipinski definition) is 1. The van der Waals surface area contributed by atoms with E-state index in [0.717, 1.165) is 37.9 Å². The van der Waals surface area contributed by atoms with E-state index in [1.807, 2.05) is 0 Å². The van der Waals surface area contributed by atoms with Gasteiger partial charge in [-0.05, 0) is 37.4 Å². The first-order valence-electron chi connectivity index (χ1n) is 5.75. The Morgan fingerprint density at radius 3 is 2.87 bits per heavy atom. The topological polar surface area (TPSA) is 54.2 Å². The van der Waals surface area contributed by atoms with Gasteiger partial charge in [-0.3, -0.25) is 0 Å². The SMILES string of the molecule is C1CN[C@H](c2nc(N3CCCC3)no2)C1. The average molecular weight is 208 g/mol. The first-order chi connectivity index (χ1) is 7.43. The molecule has 0 amide bonds. The number of hydrogen-bond acceptors (Lipinski definition) is 5. The van der Waals surface area contributed by atoms with Crippen molar-refractivity contribution in [2.45, 2.75) is 31.7 Å². The minimum Gasteiger partial charge on any atom is -0.338 e. The Kier molecular flexibility index (Phi) is 2.32. The molecule has 1 N–H and O–H groups in total. The quantitative estimate of drug-likeness (QED) is 0.788. The van der Waals surface area contributed by atoms with E-state index < -0.39 is 0 Å². The molecule has 0 unspecified atom stereocenters. The van der Waals surface area contributed by atoms with Crippen LogP contribution >= 0.6 is 0 Å². The van der Waals surface area contributed by atoms with Gasteiger partial charge in [0, 0.05) is 13.1 Å². The predicted molar refractivity (Wildman–Crippen MR) is 55.7 cm³/mol. The summed E-state index contributed by atoms with van der Waals surface area (Å²) in [5.74, 6) is 1.53. The van der Waals surface area contributed by atoms with Crippen molar-refractivity contribution in [3.8, 4) is 0 Å². The zero-order valence-electron chi connectivity index (χ0n) is 8.78. The van der Waals surface area contributed by atoms with Crippen molar-refractivity contribution in [1.82, 2.24) is 15.5 Å². The third-order valence-electron chi connectivity index (χ3n) is 3.18. The van der Waals surface area contributed by atoms with Gasteiger partial charge in [0.05, 0.1) is 6.04 Å². The molecule has 82 valence electrons. The highest BCUT2D eigenvalue weighted by Gasteiger charge is 2.24. The van der Waals surface area contributed by atoms with Gasteiger partial charge in [0.2, 0.25) is 5.89 Å². The molecule has 0 spiro atoms. The molecule has 15 heavy (non-hydrogen) atoms. The molecule has 0 saturated carbocycles. The highest BCUT2D eigenvalue weighted by molar-refractivity contribution is 5.29. The fraction of sp³-hybridized carbons (Fsp3) is 0.800. The molecule has 1 aromatic heterocycles. The van der Waals surface area contributed by atoms with E-state index >= 15 is 0 Å². The summed E-state index contributed by atoms with van der Waals surface area (Å²) in [7, 11) is 0. The van der Waals surface area contributed by atoms with E-state index in [9.17, 15) is 0 Å². The normalized spacial score (nSPS) is 26.4. The first kappa shape index (κ1) is 9.15. The van der Waals surface area contributed by atoms with Crippen molar-refractivity contribution in [3.63, 3.8) is 0 Å². The van der Waals surface area contributed by atoms with E-state index in [-0.39, 0.29) is 6.04 Å². The molecule has 2 fully saturated rings.